The summed E-state index contributed by atoms with van der Waals surface area (Å²) in [5, 5.41) is 15.8. The molecule has 0 saturated heterocycles. The van der Waals surface area contributed by atoms with Crippen molar-refractivity contribution in [2.75, 3.05) is 6.54 Å². The van der Waals surface area contributed by atoms with E-state index in [9.17, 15) is 43.2 Å². The maximum atomic E-state index is 13.9. The molecule has 0 aliphatic carbocycles. The van der Waals surface area contributed by atoms with Gasteiger partial charge in [0.15, 0.2) is 5.96 Å². The second kappa shape index (κ2) is 25.7. The Morgan fingerprint density at radius 3 is 1.80 bits per heavy atom. The number of guanidine groups is 1. The SMILES string of the molecule is CC(C)[C@H](NC(=O)[C@H](CCC(N)=O)NC(=O)[C@H](CC(N)=O)NC(=O)[C@H](C)NC(=O)[C@@H](N)Cc1c[nH]c2ccccc12)C(=O)N[C@@H](CCCN=C(N)N)C(=O)N[C@@H](Cc1ccccc1)C(N)=O. The Labute approximate surface area is 381 Å². The van der Waals surface area contributed by atoms with Gasteiger partial charge in [0.1, 0.15) is 36.3 Å². The molecule has 19 N–H and O–H groups in total. The van der Waals surface area contributed by atoms with Gasteiger partial charge in [-0.2, -0.15) is 0 Å². The average molecular weight is 919 g/mol. The lowest BCUT2D eigenvalue weighted by Gasteiger charge is -2.28. The lowest BCUT2D eigenvalue weighted by Crippen LogP contribution is -2.61. The number of nitrogens with zero attached hydrogens (tertiary/aromatic N) is 1. The standard InChI is InChI=1S/C43H62N14O9/c1-22(2)35(42(66)54-29(14-9-17-50-43(48)49)39(63)55-31(36(47)60)18-24-10-5-4-6-11-24)57-40(64)30(15-16-33(45)58)53-41(65)32(20-34(46)59)56-37(61)23(3)52-38(62)27(44)19-25-21-51-28-13-8-7-12-26(25)28/h4-8,10-13,21-23,27,29-32,35,51H,9,14-20,44H2,1-3H3,(H2,45,58)(H2,46,59)(H2,47,60)(H,52,62)(H,53,65)(H,54,66)(H,55,63)(H,56,61)(H,57,64)(H4,48,49,50)/t23-,27-,29-,30-,31-,32-,35-/m0/s1. The summed E-state index contributed by atoms with van der Waals surface area (Å²) in [6.07, 6.45) is 0.544. The summed E-state index contributed by atoms with van der Waals surface area (Å²) in [5.74, 6) is -8.76. The van der Waals surface area contributed by atoms with Crippen LogP contribution in [0, 0.1) is 5.92 Å². The van der Waals surface area contributed by atoms with Crippen LogP contribution in [-0.2, 0) is 56.0 Å². The highest BCUT2D eigenvalue weighted by Gasteiger charge is 2.34. The van der Waals surface area contributed by atoms with Crippen molar-refractivity contribution in [3.05, 3.63) is 71.9 Å². The molecular formula is C43H62N14O9. The zero-order valence-corrected chi connectivity index (χ0v) is 37.1. The molecule has 0 saturated carbocycles. The fraction of sp³-hybridized carbons (Fsp3) is 0.442. The van der Waals surface area contributed by atoms with Gasteiger partial charge in [-0.1, -0.05) is 62.4 Å². The molecule has 0 bridgehead atoms. The molecule has 1 aromatic heterocycles. The van der Waals surface area contributed by atoms with Crippen molar-refractivity contribution in [2.45, 2.75) is 108 Å². The third-order valence-electron chi connectivity index (χ3n) is 10.3. The quantitative estimate of drug-likeness (QED) is 0.0202. The summed E-state index contributed by atoms with van der Waals surface area (Å²) in [7, 11) is 0. The molecule has 0 unspecified atom stereocenters. The summed E-state index contributed by atoms with van der Waals surface area (Å²) in [6, 6.07) is 6.81. The number of fused-ring (bicyclic) bond motifs is 1. The molecule has 7 atom stereocenters. The summed E-state index contributed by atoms with van der Waals surface area (Å²) in [5.41, 5.74) is 35.8. The van der Waals surface area contributed by atoms with Crippen LogP contribution in [0.5, 0.6) is 0 Å². The summed E-state index contributed by atoms with van der Waals surface area (Å²) < 4.78 is 0. The minimum atomic E-state index is -1.67. The molecule has 0 radical (unpaired) electrons. The third kappa shape index (κ3) is 17.2. The van der Waals surface area contributed by atoms with E-state index in [0.717, 1.165) is 16.5 Å². The van der Waals surface area contributed by atoms with E-state index in [1.165, 1.54) is 6.92 Å². The van der Waals surface area contributed by atoms with E-state index in [-0.39, 0.29) is 44.6 Å². The first-order valence-corrected chi connectivity index (χ1v) is 21.2. The maximum absolute atomic E-state index is 13.9. The number of aromatic nitrogens is 1. The monoisotopic (exact) mass is 918 g/mol. The van der Waals surface area contributed by atoms with Crippen molar-refractivity contribution < 1.29 is 43.2 Å². The second-order valence-corrected chi connectivity index (χ2v) is 16.1. The van der Waals surface area contributed by atoms with Crippen LogP contribution in [0.25, 0.3) is 10.9 Å². The van der Waals surface area contributed by atoms with Gasteiger partial charge in [-0.15, -0.1) is 0 Å². The summed E-state index contributed by atoms with van der Waals surface area (Å²) in [6.45, 7) is 4.59. The Morgan fingerprint density at radius 1 is 0.606 bits per heavy atom. The van der Waals surface area contributed by atoms with Gasteiger partial charge in [0.2, 0.25) is 53.2 Å². The minimum absolute atomic E-state index is 0.0195. The van der Waals surface area contributed by atoms with Gasteiger partial charge in [0.05, 0.1) is 12.5 Å². The number of hydrogen-bond acceptors (Lipinski definition) is 11. The Morgan fingerprint density at radius 2 is 1.18 bits per heavy atom. The van der Waals surface area contributed by atoms with Crippen LogP contribution in [0.1, 0.15) is 64.0 Å². The van der Waals surface area contributed by atoms with Crippen molar-refractivity contribution >= 4 is 70.0 Å². The van der Waals surface area contributed by atoms with Crippen LogP contribution in [0.3, 0.4) is 0 Å². The zero-order valence-electron chi connectivity index (χ0n) is 37.1. The van der Waals surface area contributed by atoms with E-state index in [0.29, 0.717) is 5.56 Å². The molecule has 0 fully saturated rings. The van der Waals surface area contributed by atoms with E-state index in [2.05, 4.69) is 41.9 Å². The van der Waals surface area contributed by atoms with Crippen molar-refractivity contribution in [1.82, 2.24) is 36.9 Å². The van der Waals surface area contributed by atoms with Crippen LogP contribution < -0.4 is 66.3 Å². The van der Waals surface area contributed by atoms with Crippen LogP contribution in [0.2, 0.25) is 0 Å². The minimum Gasteiger partial charge on any atom is -0.370 e. The zero-order chi connectivity index (χ0) is 49.1. The van der Waals surface area contributed by atoms with Crippen molar-refractivity contribution in [3.63, 3.8) is 0 Å². The highest BCUT2D eigenvalue weighted by Crippen LogP contribution is 2.19. The highest BCUT2D eigenvalue weighted by atomic mass is 16.2. The maximum Gasteiger partial charge on any atom is 0.243 e. The Kier molecular flexibility index (Phi) is 20.5. The van der Waals surface area contributed by atoms with Gasteiger partial charge in [-0.05, 0) is 55.7 Å². The van der Waals surface area contributed by atoms with E-state index < -0.39 is 114 Å². The first-order valence-electron chi connectivity index (χ1n) is 21.2. The lowest BCUT2D eigenvalue weighted by atomic mass is 10.00. The molecule has 66 heavy (non-hydrogen) atoms. The number of nitrogens with two attached hydrogens (primary N) is 6. The number of rotatable bonds is 27. The number of aromatic amines is 1. The largest absolute Gasteiger partial charge is 0.370 e. The number of H-pyrrole nitrogens is 1. The molecule has 9 amide bonds. The molecule has 23 nitrogen and oxygen atoms in total. The molecule has 2 aromatic carbocycles. The predicted molar refractivity (Wildman–Crippen MR) is 244 cm³/mol. The van der Waals surface area contributed by atoms with Gasteiger partial charge < -0.3 is 71.3 Å². The number of benzene rings is 2. The molecule has 3 rings (SSSR count). The Balaban J connectivity index is 1.75. The van der Waals surface area contributed by atoms with Crippen molar-refractivity contribution in [2.24, 2.45) is 45.3 Å². The fourth-order valence-corrected chi connectivity index (χ4v) is 6.72. The van der Waals surface area contributed by atoms with Crippen LogP contribution >= 0.6 is 0 Å². The predicted octanol–water partition coefficient (Wildman–Crippen LogP) is -3.46. The van der Waals surface area contributed by atoms with Crippen LogP contribution in [0.15, 0.2) is 65.8 Å². The summed E-state index contributed by atoms with van der Waals surface area (Å²) in [4.78, 5) is 125. The van der Waals surface area contributed by atoms with Gasteiger partial charge in [0, 0.05) is 36.5 Å². The van der Waals surface area contributed by atoms with Crippen LogP contribution in [-0.4, -0.2) is 113 Å². The lowest BCUT2D eigenvalue weighted by molar-refractivity contribution is -0.136. The fourth-order valence-electron chi connectivity index (χ4n) is 6.72. The Hall–Kier alpha value is -7.56. The number of carbonyl (C=O) groups excluding carboxylic acids is 9. The number of para-hydroxylation sites is 1. The molecule has 0 aliphatic heterocycles. The number of nitrogens with one attached hydrogen (secondary N) is 7. The van der Waals surface area contributed by atoms with E-state index >= 15 is 0 Å². The number of carbonyl (C=O) groups is 9. The molecule has 358 valence electrons. The van der Waals surface area contributed by atoms with E-state index in [1.807, 2.05) is 24.3 Å². The van der Waals surface area contributed by atoms with Gasteiger partial charge in [-0.25, -0.2) is 0 Å². The second-order valence-electron chi connectivity index (χ2n) is 16.1. The summed E-state index contributed by atoms with van der Waals surface area (Å²) >= 11 is 0. The molecule has 1 heterocycles. The molecule has 0 spiro atoms. The number of hydrogen-bond donors (Lipinski definition) is 13. The van der Waals surface area contributed by atoms with Gasteiger partial charge in [-0.3, -0.25) is 48.1 Å². The molecule has 3 aromatic rings. The number of primary amides is 3. The number of aliphatic imine (C=N–C) groups is 1. The third-order valence-corrected chi connectivity index (χ3v) is 10.3. The van der Waals surface area contributed by atoms with E-state index in [4.69, 9.17) is 34.4 Å². The Bertz CT molecular complexity index is 2230. The highest BCUT2D eigenvalue weighted by molar-refractivity contribution is 5.98. The average Bonchev–Trinajstić information content (AvgIpc) is 3.66. The molecular weight excluding hydrogens is 857 g/mol. The topological polar surface area (TPSA) is 410 Å². The molecule has 0 aliphatic rings. The molecule has 23 heteroatoms. The van der Waals surface area contributed by atoms with E-state index in [1.54, 1.807) is 50.4 Å². The first-order chi connectivity index (χ1) is 31.2. The van der Waals surface area contributed by atoms with Gasteiger partial charge >= 0.3 is 0 Å². The van der Waals surface area contributed by atoms with Crippen LogP contribution in [0.4, 0.5) is 0 Å². The van der Waals surface area contributed by atoms with Crippen molar-refractivity contribution in [1.29, 1.82) is 0 Å². The van der Waals surface area contributed by atoms with Crippen molar-refractivity contribution in [3.8, 4) is 0 Å². The smallest absolute Gasteiger partial charge is 0.243 e. The number of amides is 9. The normalized spacial score (nSPS) is 14.2. The first kappa shape index (κ1) is 52.8. The van der Waals surface area contributed by atoms with Gasteiger partial charge in [0.25, 0.3) is 0 Å².